The van der Waals surface area contributed by atoms with Crippen molar-refractivity contribution in [2.24, 2.45) is 0 Å². The molecule has 3 aromatic rings. The second-order valence-electron chi connectivity index (χ2n) is 12.7. The van der Waals surface area contributed by atoms with E-state index in [9.17, 15) is 37.5 Å². The summed E-state index contributed by atoms with van der Waals surface area (Å²) in [5.74, 6) is -4.40. The molecule has 0 radical (unpaired) electrons. The first-order chi connectivity index (χ1) is 25.5. The zero-order chi connectivity index (χ0) is 37.6. The molecule has 11 nitrogen and oxygen atoms in total. The number of carbonyl (C=O) groups excluding carboxylic acids is 4. The summed E-state index contributed by atoms with van der Waals surface area (Å²) in [6.45, 7) is -1.66. The SMILES string of the molecule is O=C(C=Cc1ccccc1C(=O)O[C@@H]1CC(C(=O)N2CCC[C@@H]2C(=O)NCCO)=C[C@H]2OC(c3ccccc3)(c3ccccc3)O[C@H]21)OCC(F)(F)F. The normalized spacial score (nSPS) is 22.2. The largest absolute Gasteiger partial charge is 0.456 e. The fraction of sp³-hybridized carbons (Fsp3) is 0.333. The number of aliphatic hydroxyl groups excluding tert-OH is 1. The lowest BCUT2D eigenvalue weighted by molar-refractivity contribution is -0.182. The van der Waals surface area contributed by atoms with E-state index in [0.29, 0.717) is 30.5 Å². The highest BCUT2D eigenvalue weighted by Crippen LogP contribution is 2.47. The molecule has 2 N–H and O–H groups in total. The van der Waals surface area contributed by atoms with Crippen LogP contribution in [0, 0.1) is 0 Å². The Hall–Kier alpha value is -5.31. The van der Waals surface area contributed by atoms with E-state index in [2.05, 4.69) is 10.1 Å². The summed E-state index contributed by atoms with van der Waals surface area (Å²) in [6, 6.07) is 23.6. The van der Waals surface area contributed by atoms with E-state index in [1.54, 1.807) is 18.2 Å². The van der Waals surface area contributed by atoms with Gasteiger partial charge < -0.3 is 34.3 Å². The van der Waals surface area contributed by atoms with Gasteiger partial charge in [-0.15, -0.1) is 0 Å². The predicted octanol–water partition coefficient (Wildman–Crippen LogP) is 4.45. The van der Waals surface area contributed by atoms with Gasteiger partial charge in [-0.25, -0.2) is 9.59 Å². The molecule has 2 saturated heterocycles. The van der Waals surface area contributed by atoms with Crippen LogP contribution in [0.15, 0.2) is 103 Å². The second-order valence-corrected chi connectivity index (χ2v) is 12.7. The fourth-order valence-corrected chi connectivity index (χ4v) is 6.73. The minimum Gasteiger partial charge on any atom is -0.456 e. The van der Waals surface area contributed by atoms with Crippen LogP contribution >= 0.6 is 0 Å². The average molecular weight is 735 g/mol. The van der Waals surface area contributed by atoms with Crippen molar-refractivity contribution < 1.29 is 56.4 Å². The molecule has 4 atom stereocenters. The minimum absolute atomic E-state index is 0.0113. The molecule has 3 aliphatic rings. The molecule has 2 fully saturated rings. The van der Waals surface area contributed by atoms with Crippen molar-refractivity contribution in [3.8, 4) is 0 Å². The fourth-order valence-electron chi connectivity index (χ4n) is 6.73. The Bertz CT molecular complexity index is 1830. The number of likely N-dealkylation sites (tertiary alicyclic amines) is 1. The third kappa shape index (κ3) is 8.51. The molecule has 2 aliphatic heterocycles. The number of fused-ring (bicyclic) bond motifs is 1. The van der Waals surface area contributed by atoms with Crippen LogP contribution in [0.1, 0.15) is 46.3 Å². The van der Waals surface area contributed by atoms with E-state index in [1.165, 1.54) is 17.0 Å². The summed E-state index contributed by atoms with van der Waals surface area (Å²) in [5, 5.41) is 11.8. The molecule has 2 heterocycles. The Kier molecular flexibility index (Phi) is 11.4. The maximum atomic E-state index is 14.2. The summed E-state index contributed by atoms with van der Waals surface area (Å²) >= 11 is 0. The number of nitrogens with zero attached hydrogens (tertiary/aromatic N) is 1. The first kappa shape index (κ1) is 37.4. The third-order valence-corrected chi connectivity index (χ3v) is 9.11. The smallest absolute Gasteiger partial charge is 0.422 e. The van der Waals surface area contributed by atoms with Crippen LogP contribution in [0.25, 0.3) is 6.08 Å². The number of aliphatic hydroxyl groups is 1. The van der Waals surface area contributed by atoms with Crippen LogP contribution in [0.3, 0.4) is 0 Å². The lowest BCUT2D eigenvalue weighted by atomic mass is 9.91. The predicted molar refractivity (Wildman–Crippen MR) is 183 cm³/mol. The van der Waals surface area contributed by atoms with Crippen molar-refractivity contribution in [3.63, 3.8) is 0 Å². The van der Waals surface area contributed by atoms with Gasteiger partial charge in [-0.2, -0.15) is 13.2 Å². The number of amides is 2. The van der Waals surface area contributed by atoms with Crippen molar-refractivity contribution in [1.82, 2.24) is 10.2 Å². The molecule has 2 amide bonds. The Morgan fingerprint density at radius 1 is 0.943 bits per heavy atom. The van der Waals surface area contributed by atoms with Crippen LogP contribution in [0.4, 0.5) is 13.2 Å². The van der Waals surface area contributed by atoms with E-state index in [1.807, 2.05) is 60.7 Å². The second kappa shape index (κ2) is 16.1. The molecular formula is C39H37F3N2O9. The first-order valence-corrected chi connectivity index (χ1v) is 17.1. The van der Waals surface area contributed by atoms with Gasteiger partial charge in [0.1, 0.15) is 24.4 Å². The van der Waals surface area contributed by atoms with Gasteiger partial charge in [-0.05, 0) is 36.6 Å². The van der Waals surface area contributed by atoms with Gasteiger partial charge in [0.2, 0.25) is 17.6 Å². The molecule has 0 bridgehead atoms. The summed E-state index contributed by atoms with van der Waals surface area (Å²) in [5.41, 5.74) is 1.70. The quantitative estimate of drug-likeness (QED) is 0.216. The van der Waals surface area contributed by atoms with Gasteiger partial charge in [0.25, 0.3) is 0 Å². The summed E-state index contributed by atoms with van der Waals surface area (Å²) in [4.78, 5) is 54.4. The number of hydrogen-bond donors (Lipinski definition) is 2. The van der Waals surface area contributed by atoms with Gasteiger partial charge in [0.05, 0.1) is 12.2 Å². The lowest BCUT2D eigenvalue weighted by Crippen LogP contribution is -2.49. The topological polar surface area (TPSA) is 141 Å². The van der Waals surface area contributed by atoms with Gasteiger partial charge in [0, 0.05) is 42.3 Å². The number of esters is 2. The van der Waals surface area contributed by atoms with Crippen molar-refractivity contribution in [3.05, 3.63) is 125 Å². The maximum Gasteiger partial charge on any atom is 0.422 e. The standard InChI is InChI=1S/C39H37F3N2O9/c40-38(41,42)24-50-33(46)18-17-25-10-7-8-15-29(25)37(49)51-31-22-26(36(48)44-20-9-16-30(44)35(47)43-19-21-45)23-32-34(31)53-39(52-32,27-11-3-1-4-12-27)28-13-5-2-6-14-28/h1-8,10-15,17-18,23,30-32,34,45H,9,16,19-22,24H2,(H,43,47)/t30-,31-,32-,34+/m1/s1. The summed E-state index contributed by atoms with van der Waals surface area (Å²) < 4.78 is 61.5. The maximum absolute atomic E-state index is 14.2. The molecule has 1 aliphatic carbocycles. The highest BCUT2D eigenvalue weighted by Gasteiger charge is 2.55. The number of halogens is 3. The van der Waals surface area contributed by atoms with Crippen LogP contribution in [-0.4, -0.2) is 90.6 Å². The van der Waals surface area contributed by atoms with Crippen molar-refractivity contribution >= 4 is 29.8 Å². The molecular weight excluding hydrogens is 697 g/mol. The molecule has 14 heteroatoms. The molecule has 0 saturated carbocycles. The third-order valence-electron chi connectivity index (χ3n) is 9.11. The van der Waals surface area contributed by atoms with Crippen molar-refractivity contribution in [2.45, 2.75) is 55.6 Å². The van der Waals surface area contributed by atoms with E-state index in [0.717, 1.165) is 12.2 Å². The van der Waals surface area contributed by atoms with Gasteiger partial charge in [-0.1, -0.05) is 78.9 Å². The lowest BCUT2D eigenvalue weighted by Gasteiger charge is -2.33. The molecule has 3 aromatic carbocycles. The highest BCUT2D eigenvalue weighted by molar-refractivity contribution is 5.98. The Morgan fingerprint density at radius 3 is 2.26 bits per heavy atom. The van der Waals surface area contributed by atoms with Crippen LogP contribution < -0.4 is 5.32 Å². The average Bonchev–Trinajstić information content (AvgIpc) is 3.82. The number of rotatable bonds is 11. The van der Waals surface area contributed by atoms with E-state index < -0.39 is 60.8 Å². The Balaban J connectivity index is 1.32. The molecule has 0 spiro atoms. The zero-order valence-electron chi connectivity index (χ0n) is 28.4. The number of alkyl halides is 3. The minimum atomic E-state index is -4.70. The van der Waals surface area contributed by atoms with Gasteiger partial charge in [0.15, 0.2) is 6.61 Å². The number of hydrogen-bond acceptors (Lipinski definition) is 9. The van der Waals surface area contributed by atoms with Crippen LogP contribution in [0.5, 0.6) is 0 Å². The zero-order valence-corrected chi connectivity index (χ0v) is 28.4. The first-order valence-electron chi connectivity index (χ1n) is 17.1. The van der Waals surface area contributed by atoms with Crippen molar-refractivity contribution in [2.75, 3.05) is 26.3 Å². The summed E-state index contributed by atoms with van der Waals surface area (Å²) in [7, 11) is 0. The van der Waals surface area contributed by atoms with E-state index in [-0.39, 0.29) is 42.2 Å². The van der Waals surface area contributed by atoms with E-state index in [4.69, 9.17) is 14.2 Å². The van der Waals surface area contributed by atoms with Crippen molar-refractivity contribution in [1.29, 1.82) is 0 Å². The van der Waals surface area contributed by atoms with E-state index >= 15 is 0 Å². The Morgan fingerprint density at radius 2 is 1.60 bits per heavy atom. The molecule has 278 valence electrons. The van der Waals surface area contributed by atoms with Crippen LogP contribution in [0.2, 0.25) is 0 Å². The van der Waals surface area contributed by atoms with Gasteiger partial charge >= 0.3 is 18.1 Å². The number of nitrogens with one attached hydrogen (secondary N) is 1. The number of carbonyl (C=O) groups is 4. The van der Waals surface area contributed by atoms with Crippen LogP contribution in [-0.2, 0) is 39.1 Å². The molecule has 53 heavy (non-hydrogen) atoms. The number of ether oxygens (including phenoxy) is 4. The summed E-state index contributed by atoms with van der Waals surface area (Å²) in [6.07, 6.45) is -3.13. The molecule has 6 rings (SSSR count). The molecule has 0 aromatic heterocycles. The highest BCUT2D eigenvalue weighted by atomic mass is 19.4. The van der Waals surface area contributed by atoms with Gasteiger partial charge in [-0.3, -0.25) is 9.59 Å². The Labute approximate surface area is 303 Å². The number of benzene rings is 3. The monoisotopic (exact) mass is 734 g/mol. The molecule has 0 unspecified atom stereocenters.